The topological polar surface area (TPSA) is 174 Å². The number of aliphatic hydroxyl groups is 1. The van der Waals surface area contributed by atoms with Crippen molar-refractivity contribution >= 4 is 40.2 Å². The number of aliphatic hydroxyl groups excluding tert-OH is 1. The van der Waals surface area contributed by atoms with Crippen LogP contribution in [0.25, 0.3) is 22.0 Å². The molecule has 0 aliphatic carbocycles. The van der Waals surface area contributed by atoms with Crippen molar-refractivity contribution in [3.8, 4) is 22.6 Å². The maximum Gasteiger partial charge on any atom is 0.411 e. The van der Waals surface area contributed by atoms with Gasteiger partial charge in [-0.15, -0.1) is 0 Å². The van der Waals surface area contributed by atoms with E-state index in [0.717, 1.165) is 52.3 Å². The molecule has 2 heterocycles. The molecule has 1 unspecified atom stereocenters. The first-order valence-corrected chi connectivity index (χ1v) is 22.6. The summed E-state index contributed by atoms with van der Waals surface area (Å²) < 4.78 is 11.4. The molecular weight excluding hydrogens is 835 g/mol. The first-order valence-electron chi connectivity index (χ1n) is 22.6. The number of nitrogens with zero attached hydrogens (tertiary/aromatic N) is 2. The van der Waals surface area contributed by atoms with Crippen LogP contribution in [0, 0.1) is 5.92 Å². The molecule has 6 aromatic rings. The van der Waals surface area contributed by atoms with Gasteiger partial charge in [0.2, 0.25) is 17.4 Å². The highest BCUT2D eigenvalue weighted by atomic mass is 16.6. The fraction of sp³-hybridized carbons (Fsp3) is 0.321. The Morgan fingerprint density at radius 2 is 1.61 bits per heavy atom. The van der Waals surface area contributed by atoms with E-state index in [-0.39, 0.29) is 41.6 Å². The number of carbonyl (C=O) groups is 3. The van der Waals surface area contributed by atoms with E-state index in [1.54, 1.807) is 31.2 Å². The fourth-order valence-corrected chi connectivity index (χ4v) is 8.58. The van der Waals surface area contributed by atoms with Crippen LogP contribution in [0.1, 0.15) is 67.4 Å². The number of hydrogen-bond acceptors (Lipinski definition) is 9. The summed E-state index contributed by atoms with van der Waals surface area (Å²) in [6, 6.07) is 37.1. The van der Waals surface area contributed by atoms with Gasteiger partial charge in [0.25, 0.3) is 0 Å². The van der Waals surface area contributed by atoms with Crippen molar-refractivity contribution in [1.29, 1.82) is 0 Å². The summed E-state index contributed by atoms with van der Waals surface area (Å²) in [5.74, 6) is 0.772. The predicted octanol–water partition coefficient (Wildman–Crippen LogP) is 8.53. The highest BCUT2D eigenvalue weighted by Gasteiger charge is 2.24. The first-order chi connectivity index (χ1) is 31.9. The Kier molecular flexibility index (Phi) is 15.9. The molecule has 344 valence electrons. The van der Waals surface area contributed by atoms with Gasteiger partial charge >= 0.3 is 6.09 Å². The lowest BCUT2D eigenvalue weighted by Crippen LogP contribution is -2.40. The second kappa shape index (κ2) is 22.3. The number of aromatic amines is 1. The van der Waals surface area contributed by atoms with Gasteiger partial charge in [0.1, 0.15) is 17.6 Å². The third-order valence-corrected chi connectivity index (χ3v) is 12.4. The van der Waals surface area contributed by atoms with Crippen LogP contribution in [0.2, 0.25) is 0 Å². The number of phenols is 1. The lowest BCUT2D eigenvalue weighted by atomic mass is 9.91. The van der Waals surface area contributed by atoms with E-state index in [4.69, 9.17) is 9.47 Å². The van der Waals surface area contributed by atoms with Gasteiger partial charge in [0, 0.05) is 62.4 Å². The zero-order chi connectivity index (χ0) is 46.6. The van der Waals surface area contributed by atoms with Gasteiger partial charge in [-0.1, -0.05) is 85.8 Å². The lowest BCUT2D eigenvalue weighted by Gasteiger charge is -2.31. The molecule has 0 saturated carbocycles. The Morgan fingerprint density at radius 3 is 2.36 bits per heavy atom. The molecule has 5 N–H and O–H groups in total. The number of piperidine rings is 1. The van der Waals surface area contributed by atoms with Crippen molar-refractivity contribution in [2.45, 2.75) is 70.6 Å². The summed E-state index contributed by atoms with van der Waals surface area (Å²) in [5, 5.41) is 27.9. The number of nitrogens with one attached hydrogen (secondary N) is 3. The van der Waals surface area contributed by atoms with E-state index in [0.29, 0.717) is 73.8 Å². The Balaban J connectivity index is 0.812. The average Bonchev–Trinajstić information content (AvgIpc) is 3.33. The molecule has 0 bridgehead atoms. The summed E-state index contributed by atoms with van der Waals surface area (Å²) >= 11 is 0. The number of anilines is 2. The molecule has 0 spiro atoms. The van der Waals surface area contributed by atoms with Gasteiger partial charge in [0.15, 0.2) is 0 Å². The lowest BCUT2D eigenvalue weighted by molar-refractivity contribution is -0.120. The summed E-state index contributed by atoms with van der Waals surface area (Å²) in [5.41, 5.74) is 6.79. The van der Waals surface area contributed by atoms with Crippen molar-refractivity contribution in [3.63, 3.8) is 0 Å². The monoisotopic (exact) mass is 893 g/mol. The molecule has 66 heavy (non-hydrogen) atoms. The number of benzene rings is 5. The minimum absolute atomic E-state index is 0.0106. The zero-order valence-corrected chi connectivity index (χ0v) is 37.8. The van der Waals surface area contributed by atoms with Crippen molar-refractivity contribution in [3.05, 3.63) is 154 Å². The number of aromatic nitrogens is 1. The molecule has 13 heteroatoms. The molecule has 3 amide bonds. The number of fused-ring (bicyclic) bond motifs is 1. The smallest absolute Gasteiger partial charge is 0.411 e. The first kappa shape index (κ1) is 47.0. The van der Waals surface area contributed by atoms with Crippen LogP contribution in [0.3, 0.4) is 0 Å². The second-order valence-corrected chi connectivity index (χ2v) is 17.1. The third-order valence-electron chi connectivity index (χ3n) is 12.4. The van der Waals surface area contributed by atoms with Gasteiger partial charge in [-0.2, -0.15) is 0 Å². The van der Waals surface area contributed by atoms with Crippen molar-refractivity contribution in [2.24, 2.45) is 5.92 Å². The van der Waals surface area contributed by atoms with Crippen molar-refractivity contribution in [1.82, 2.24) is 15.2 Å². The molecule has 1 aliphatic heterocycles. The number of phenolic OH excluding ortho intramolecular Hbond substituents is 1. The number of H-pyrrole nitrogens is 1. The fourth-order valence-electron chi connectivity index (χ4n) is 8.58. The molecule has 1 aliphatic rings. The van der Waals surface area contributed by atoms with Crippen LogP contribution >= 0.6 is 0 Å². The summed E-state index contributed by atoms with van der Waals surface area (Å²) in [7, 11) is 3.39. The maximum absolute atomic E-state index is 13.2. The zero-order valence-electron chi connectivity index (χ0n) is 37.8. The summed E-state index contributed by atoms with van der Waals surface area (Å²) in [4.78, 5) is 57.4. The number of rotatable bonds is 18. The molecule has 7 rings (SSSR count). The van der Waals surface area contributed by atoms with Crippen LogP contribution in [0.15, 0.2) is 126 Å². The van der Waals surface area contributed by atoms with E-state index in [1.807, 2.05) is 97.1 Å². The Bertz CT molecular complexity index is 2660. The Morgan fingerprint density at radius 1 is 0.879 bits per heavy atom. The predicted molar refractivity (Wildman–Crippen MR) is 258 cm³/mol. The highest BCUT2D eigenvalue weighted by Crippen LogP contribution is 2.33. The standard InChI is InChI=1S/C53H59N5O8/c1-35(13-21-46(59)43-19-22-47(60)52-44(43)20-24-49(61)56-52)31-39-32-37(16-23-48(39)65-3)34-54-50(62)33-36-14-17-40(18-15-36)57(2)51(63)27-30-58-28-25-41(26-29-58)66-53(64)55-45-12-8-7-11-42(45)38-9-5-4-6-10-38/h4-12,14-20,22-24,32,35,41,46,59-60H,13,21,25-31,33-34H2,1-3H3,(H,54,62)(H,55,64)(H,56,61)/t35?,46-/m0/s1. The Labute approximate surface area is 385 Å². The molecule has 5 aromatic carbocycles. The number of amides is 3. The summed E-state index contributed by atoms with van der Waals surface area (Å²) in [6.45, 7) is 4.52. The third kappa shape index (κ3) is 12.4. The molecule has 1 aromatic heterocycles. The number of ether oxygens (including phenoxy) is 2. The SMILES string of the molecule is COc1ccc(CNC(=O)Cc2ccc(N(C)C(=O)CCN3CCC(OC(=O)Nc4ccccc4-c4ccccc4)CC3)cc2)cc1CC(C)CC[C@H](O)c1ccc(O)c2[nH]c(=O)ccc12. The van der Waals surface area contributed by atoms with Crippen LogP contribution < -0.4 is 25.8 Å². The van der Waals surface area contributed by atoms with E-state index < -0.39 is 12.2 Å². The van der Waals surface area contributed by atoms with Crippen LogP contribution in [-0.4, -0.2) is 77.9 Å². The van der Waals surface area contributed by atoms with Gasteiger partial charge in [-0.3, -0.25) is 19.7 Å². The number of carbonyl (C=O) groups excluding carboxylic acids is 3. The largest absolute Gasteiger partial charge is 0.506 e. The Hall–Kier alpha value is -6.96. The van der Waals surface area contributed by atoms with Gasteiger partial charge in [-0.25, -0.2) is 4.79 Å². The van der Waals surface area contributed by atoms with E-state index in [9.17, 15) is 29.4 Å². The maximum atomic E-state index is 13.2. The number of likely N-dealkylation sites (tertiary alicyclic amines) is 1. The summed E-state index contributed by atoms with van der Waals surface area (Å²) in [6.07, 6.45) is 2.37. The van der Waals surface area contributed by atoms with Crippen molar-refractivity contribution in [2.75, 3.05) is 44.0 Å². The number of aromatic hydroxyl groups is 1. The number of methoxy groups -OCH3 is 1. The van der Waals surface area contributed by atoms with E-state index in [1.165, 1.54) is 12.1 Å². The van der Waals surface area contributed by atoms with E-state index in [2.05, 4.69) is 27.4 Å². The second-order valence-electron chi connectivity index (χ2n) is 17.1. The minimum Gasteiger partial charge on any atom is -0.506 e. The normalized spacial score (nSPS) is 14.0. The molecule has 1 saturated heterocycles. The van der Waals surface area contributed by atoms with Crippen LogP contribution in [0.4, 0.5) is 16.2 Å². The van der Waals surface area contributed by atoms with Crippen molar-refractivity contribution < 1.29 is 34.1 Å². The molecule has 1 fully saturated rings. The minimum atomic E-state index is -0.781. The molecule has 2 atom stereocenters. The average molecular weight is 894 g/mol. The number of pyridine rings is 1. The highest BCUT2D eigenvalue weighted by molar-refractivity contribution is 5.93. The number of para-hydroxylation sites is 1. The van der Waals surface area contributed by atoms with Crippen LogP contribution in [0.5, 0.6) is 11.5 Å². The van der Waals surface area contributed by atoms with Gasteiger partial charge in [0.05, 0.1) is 30.8 Å². The quantitative estimate of drug-likeness (QED) is 0.0567. The molecule has 0 radical (unpaired) electrons. The molecular formula is C53H59N5O8. The van der Waals surface area contributed by atoms with E-state index >= 15 is 0 Å². The number of hydrogen-bond donors (Lipinski definition) is 5. The van der Waals surface area contributed by atoms with Crippen LogP contribution in [-0.2, 0) is 33.7 Å². The van der Waals surface area contributed by atoms with Gasteiger partial charge in [-0.05, 0) is 102 Å². The molecule has 13 nitrogen and oxygen atoms in total. The van der Waals surface area contributed by atoms with Gasteiger partial charge < -0.3 is 39.8 Å².